The number of rotatable bonds is 2. The Morgan fingerprint density at radius 2 is 2.29 bits per heavy atom. The Kier molecular flexibility index (Phi) is 3.11. The van der Waals surface area contributed by atoms with E-state index in [0.717, 1.165) is 10.0 Å². The van der Waals surface area contributed by atoms with Gasteiger partial charge in [0.1, 0.15) is 6.33 Å². The maximum Gasteiger partial charge on any atom is 0.345 e. The van der Waals surface area contributed by atoms with Crippen LogP contribution in [0.5, 0.6) is 0 Å². The monoisotopic (exact) mass is 292 g/mol. The van der Waals surface area contributed by atoms with Crippen molar-refractivity contribution in [3.63, 3.8) is 0 Å². The number of benzene rings is 1. The first-order valence-electron chi connectivity index (χ1n) is 4.89. The summed E-state index contributed by atoms with van der Waals surface area (Å²) in [6.45, 7) is 0.381. The maximum absolute atomic E-state index is 11.6. The van der Waals surface area contributed by atoms with Crippen LogP contribution in [0.15, 0.2) is 33.8 Å². The van der Waals surface area contributed by atoms with Crippen LogP contribution in [0.3, 0.4) is 0 Å². The van der Waals surface area contributed by atoms with Gasteiger partial charge < -0.3 is 0 Å². The summed E-state index contributed by atoms with van der Waals surface area (Å²) in [5, 5.41) is 12.7. The van der Waals surface area contributed by atoms with Crippen LogP contribution >= 0.6 is 15.9 Å². The molecule has 0 bridgehead atoms. The topological polar surface area (TPSA) is 63.6 Å². The molecular formula is C11H9BrN4O. The van der Waals surface area contributed by atoms with Crippen LogP contribution in [0.4, 0.5) is 0 Å². The highest BCUT2D eigenvalue weighted by Crippen LogP contribution is 2.18. The molecule has 86 valence electrons. The predicted octanol–water partition coefficient (Wildman–Crippen LogP) is 1.26. The van der Waals surface area contributed by atoms with Crippen molar-refractivity contribution in [1.29, 1.82) is 5.26 Å². The Balaban J connectivity index is 2.34. The quantitative estimate of drug-likeness (QED) is 0.837. The van der Waals surface area contributed by atoms with E-state index in [1.165, 1.54) is 15.6 Å². The molecule has 1 heterocycles. The number of nitrogens with zero attached hydrogens (tertiary/aromatic N) is 4. The molecule has 0 aliphatic rings. The van der Waals surface area contributed by atoms with Gasteiger partial charge in [-0.15, -0.1) is 0 Å². The van der Waals surface area contributed by atoms with Crippen LogP contribution in [0.1, 0.15) is 11.1 Å². The normalized spacial score (nSPS) is 10.2. The van der Waals surface area contributed by atoms with Crippen molar-refractivity contribution >= 4 is 15.9 Å². The van der Waals surface area contributed by atoms with Gasteiger partial charge in [-0.3, -0.25) is 4.57 Å². The zero-order chi connectivity index (χ0) is 12.4. The summed E-state index contributed by atoms with van der Waals surface area (Å²) in [5.41, 5.74) is 1.32. The van der Waals surface area contributed by atoms with Crippen molar-refractivity contribution in [2.24, 2.45) is 7.05 Å². The second-order valence-electron chi connectivity index (χ2n) is 3.60. The van der Waals surface area contributed by atoms with Crippen molar-refractivity contribution in [2.45, 2.75) is 6.54 Å². The molecule has 1 aromatic carbocycles. The first kappa shape index (κ1) is 11.6. The van der Waals surface area contributed by atoms with Gasteiger partial charge in [0, 0.05) is 11.5 Å². The van der Waals surface area contributed by atoms with E-state index in [9.17, 15) is 4.79 Å². The van der Waals surface area contributed by atoms with Gasteiger partial charge in [-0.05, 0) is 17.7 Å². The highest BCUT2D eigenvalue weighted by Gasteiger charge is 2.06. The van der Waals surface area contributed by atoms with E-state index < -0.39 is 0 Å². The average molecular weight is 293 g/mol. The Morgan fingerprint density at radius 1 is 1.53 bits per heavy atom. The fraction of sp³-hybridized carbons (Fsp3) is 0.182. The summed E-state index contributed by atoms with van der Waals surface area (Å²) in [6.07, 6.45) is 1.47. The second-order valence-corrected chi connectivity index (χ2v) is 4.45. The van der Waals surface area contributed by atoms with E-state index in [-0.39, 0.29) is 5.69 Å². The van der Waals surface area contributed by atoms with Crippen LogP contribution in [0, 0.1) is 11.3 Å². The molecule has 2 aromatic rings. The first-order chi connectivity index (χ1) is 8.11. The molecule has 5 nitrogen and oxygen atoms in total. The molecule has 0 unspecified atom stereocenters. The fourth-order valence-electron chi connectivity index (χ4n) is 1.44. The van der Waals surface area contributed by atoms with E-state index >= 15 is 0 Å². The Morgan fingerprint density at radius 3 is 2.82 bits per heavy atom. The number of hydrogen-bond donors (Lipinski definition) is 0. The number of halogens is 1. The third-order valence-electron chi connectivity index (χ3n) is 2.39. The minimum Gasteiger partial charge on any atom is -0.285 e. The van der Waals surface area contributed by atoms with Crippen molar-refractivity contribution in [3.8, 4) is 6.07 Å². The van der Waals surface area contributed by atoms with Gasteiger partial charge in [0.2, 0.25) is 0 Å². The van der Waals surface area contributed by atoms with Gasteiger partial charge in [-0.2, -0.15) is 10.4 Å². The highest BCUT2D eigenvalue weighted by atomic mass is 79.9. The molecule has 0 saturated heterocycles. The van der Waals surface area contributed by atoms with Crippen LogP contribution in [-0.2, 0) is 13.6 Å². The number of hydrogen-bond acceptors (Lipinski definition) is 3. The molecule has 0 aliphatic heterocycles. The summed E-state index contributed by atoms with van der Waals surface area (Å²) in [6, 6.07) is 7.31. The van der Waals surface area contributed by atoms with Gasteiger partial charge in [-0.25, -0.2) is 9.48 Å². The van der Waals surface area contributed by atoms with Crippen molar-refractivity contribution in [1.82, 2.24) is 14.3 Å². The lowest BCUT2D eigenvalue weighted by atomic mass is 10.1. The van der Waals surface area contributed by atoms with Gasteiger partial charge in [0.25, 0.3) is 0 Å². The van der Waals surface area contributed by atoms with E-state index in [2.05, 4.69) is 27.1 Å². The molecule has 0 aliphatic carbocycles. The molecule has 0 atom stereocenters. The van der Waals surface area contributed by atoms with Crippen LogP contribution < -0.4 is 5.69 Å². The number of aryl methyl sites for hydroxylation is 1. The highest BCUT2D eigenvalue weighted by molar-refractivity contribution is 9.10. The average Bonchev–Trinajstić information content (AvgIpc) is 2.63. The van der Waals surface area contributed by atoms with Crippen LogP contribution in [0.25, 0.3) is 0 Å². The summed E-state index contributed by atoms with van der Waals surface area (Å²) in [5.74, 6) is 0. The molecule has 6 heteroatoms. The largest absolute Gasteiger partial charge is 0.345 e. The SMILES string of the molecule is Cn1cnn(Cc2ccc(C#N)cc2Br)c1=O. The van der Waals surface area contributed by atoms with Crippen molar-refractivity contribution in [3.05, 3.63) is 50.6 Å². The van der Waals surface area contributed by atoms with Crippen LogP contribution in [-0.4, -0.2) is 14.3 Å². The molecule has 0 amide bonds. The molecule has 0 N–H and O–H groups in total. The van der Waals surface area contributed by atoms with Gasteiger partial charge >= 0.3 is 5.69 Å². The second kappa shape index (κ2) is 4.55. The minimum absolute atomic E-state index is 0.166. The lowest BCUT2D eigenvalue weighted by Gasteiger charge is -2.03. The Labute approximate surface area is 106 Å². The molecule has 0 fully saturated rings. The molecule has 0 saturated carbocycles. The maximum atomic E-state index is 11.6. The minimum atomic E-state index is -0.166. The molecule has 0 radical (unpaired) electrons. The summed E-state index contributed by atoms with van der Waals surface area (Å²) in [4.78, 5) is 11.6. The molecular weight excluding hydrogens is 284 g/mol. The zero-order valence-corrected chi connectivity index (χ0v) is 10.7. The summed E-state index contributed by atoms with van der Waals surface area (Å²) >= 11 is 3.38. The van der Waals surface area contributed by atoms with Gasteiger partial charge in [-0.1, -0.05) is 22.0 Å². The lowest BCUT2D eigenvalue weighted by Crippen LogP contribution is -2.23. The first-order valence-corrected chi connectivity index (χ1v) is 5.68. The standard InChI is InChI=1S/C11H9BrN4O/c1-15-7-14-16(11(15)17)6-9-3-2-8(5-13)4-10(9)12/h2-4,7H,6H2,1H3. The summed E-state index contributed by atoms with van der Waals surface area (Å²) < 4.78 is 3.58. The Hall–Kier alpha value is -1.87. The van der Waals surface area contributed by atoms with E-state index in [4.69, 9.17) is 5.26 Å². The molecule has 17 heavy (non-hydrogen) atoms. The summed E-state index contributed by atoms with van der Waals surface area (Å²) in [7, 11) is 1.65. The van der Waals surface area contributed by atoms with Crippen LogP contribution in [0.2, 0.25) is 0 Å². The van der Waals surface area contributed by atoms with E-state index in [1.807, 2.05) is 6.07 Å². The van der Waals surface area contributed by atoms with Crippen molar-refractivity contribution < 1.29 is 0 Å². The molecule has 0 spiro atoms. The predicted molar refractivity (Wildman–Crippen MR) is 65.4 cm³/mol. The van der Waals surface area contributed by atoms with Gasteiger partial charge in [0.15, 0.2) is 0 Å². The number of nitriles is 1. The third-order valence-corrected chi connectivity index (χ3v) is 3.13. The van der Waals surface area contributed by atoms with E-state index in [1.54, 1.807) is 19.2 Å². The third kappa shape index (κ3) is 2.29. The molecule has 2 rings (SSSR count). The molecule has 1 aromatic heterocycles. The fourth-order valence-corrected chi connectivity index (χ4v) is 1.94. The number of aromatic nitrogens is 3. The lowest BCUT2D eigenvalue weighted by molar-refractivity contribution is 0.645. The Bertz CT molecular complexity index is 650. The smallest absolute Gasteiger partial charge is 0.285 e. The van der Waals surface area contributed by atoms with Crippen molar-refractivity contribution in [2.75, 3.05) is 0 Å². The zero-order valence-electron chi connectivity index (χ0n) is 9.09. The van der Waals surface area contributed by atoms with Gasteiger partial charge in [0.05, 0.1) is 18.2 Å². The van der Waals surface area contributed by atoms with E-state index in [0.29, 0.717) is 12.1 Å².